The maximum atomic E-state index is 10.6. The number of ether oxygens (including phenoxy) is 2. The Balaban J connectivity index is 0.000000360. The van der Waals surface area contributed by atoms with E-state index in [4.69, 9.17) is 23.8 Å². The molecule has 0 spiro atoms. The topological polar surface area (TPSA) is 85.0 Å². The molecule has 2 fully saturated rings. The van der Waals surface area contributed by atoms with Crippen molar-refractivity contribution in [1.82, 2.24) is 9.88 Å². The first-order valence-corrected chi connectivity index (χ1v) is 10.4. The Hall–Kier alpha value is -2.59. The van der Waals surface area contributed by atoms with E-state index in [9.17, 15) is 13.2 Å². The van der Waals surface area contributed by atoms with Crippen molar-refractivity contribution in [2.24, 2.45) is 5.41 Å². The van der Waals surface area contributed by atoms with Gasteiger partial charge in [-0.2, -0.15) is 13.2 Å². The van der Waals surface area contributed by atoms with Gasteiger partial charge in [0, 0.05) is 37.4 Å². The van der Waals surface area contributed by atoms with E-state index < -0.39 is 12.1 Å². The number of carboxylic acid groups (broad SMARTS) is 1. The first kappa shape index (κ1) is 24.1. The summed E-state index contributed by atoms with van der Waals surface area (Å²) in [5.74, 6) is -0.0555. The molecule has 4 heterocycles. The van der Waals surface area contributed by atoms with Crippen LogP contribution in [0.2, 0.25) is 0 Å². The molecule has 2 aromatic heterocycles. The molecule has 2 aromatic rings. The van der Waals surface area contributed by atoms with Crippen molar-refractivity contribution in [3.05, 3.63) is 48.0 Å². The minimum atomic E-state index is -5.08. The van der Waals surface area contributed by atoms with E-state index in [1.54, 1.807) is 6.20 Å². The third-order valence-corrected chi connectivity index (χ3v) is 5.63. The van der Waals surface area contributed by atoms with Crippen LogP contribution in [0.1, 0.15) is 30.8 Å². The second-order valence-electron chi connectivity index (χ2n) is 8.10. The fourth-order valence-corrected chi connectivity index (χ4v) is 4.17. The lowest BCUT2D eigenvalue weighted by Crippen LogP contribution is -2.57. The van der Waals surface area contributed by atoms with Gasteiger partial charge < -0.3 is 19.0 Å². The molecular weight excluding hydrogens is 429 g/mol. The Morgan fingerprint density at radius 3 is 2.75 bits per heavy atom. The third-order valence-electron chi connectivity index (χ3n) is 5.63. The van der Waals surface area contributed by atoms with Crippen molar-refractivity contribution in [3.63, 3.8) is 0 Å². The fourth-order valence-electron chi connectivity index (χ4n) is 4.17. The van der Waals surface area contributed by atoms with Gasteiger partial charge in [0.2, 0.25) is 5.88 Å². The van der Waals surface area contributed by atoms with Crippen molar-refractivity contribution < 1.29 is 37.0 Å². The summed E-state index contributed by atoms with van der Waals surface area (Å²) >= 11 is 0. The summed E-state index contributed by atoms with van der Waals surface area (Å²) in [6.45, 7) is 6.38. The summed E-state index contributed by atoms with van der Waals surface area (Å²) in [7, 11) is 0. The molecule has 0 bridgehead atoms. The van der Waals surface area contributed by atoms with Crippen LogP contribution < -0.4 is 4.74 Å². The highest BCUT2D eigenvalue weighted by Gasteiger charge is 2.46. The zero-order chi connectivity index (χ0) is 23.2. The van der Waals surface area contributed by atoms with Gasteiger partial charge in [0.25, 0.3) is 0 Å². The highest BCUT2D eigenvalue weighted by Crippen LogP contribution is 2.41. The highest BCUT2D eigenvalue weighted by molar-refractivity contribution is 5.73. The number of aryl methyl sites for hydroxylation is 1. The third kappa shape index (κ3) is 6.46. The molecule has 4 rings (SSSR count). The van der Waals surface area contributed by atoms with Gasteiger partial charge in [-0.1, -0.05) is 6.07 Å². The molecule has 2 aliphatic rings. The lowest BCUT2D eigenvalue weighted by molar-refractivity contribution is -0.192. The number of likely N-dealkylation sites (tertiary alicyclic amines) is 1. The Bertz CT molecular complexity index is 874. The zero-order valence-corrected chi connectivity index (χ0v) is 17.8. The summed E-state index contributed by atoms with van der Waals surface area (Å²) in [4.78, 5) is 15.7. The number of nitrogens with zero attached hydrogens (tertiary/aromatic N) is 2. The normalized spacial score (nSPS) is 23.6. The average molecular weight is 456 g/mol. The van der Waals surface area contributed by atoms with Crippen LogP contribution in [0, 0.1) is 12.3 Å². The lowest BCUT2D eigenvalue weighted by atomic mass is 9.73. The van der Waals surface area contributed by atoms with Crippen molar-refractivity contribution >= 4 is 5.97 Å². The van der Waals surface area contributed by atoms with Crippen molar-refractivity contribution in [1.29, 1.82) is 0 Å². The Kier molecular flexibility index (Phi) is 7.78. The van der Waals surface area contributed by atoms with E-state index in [0.29, 0.717) is 12.5 Å². The summed E-state index contributed by atoms with van der Waals surface area (Å²) in [5, 5.41) is 7.12. The molecule has 2 atom stereocenters. The van der Waals surface area contributed by atoms with Gasteiger partial charge in [0.15, 0.2) is 0 Å². The van der Waals surface area contributed by atoms with E-state index in [-0.39, 0.29) is 11.5 Å². The standard InChI is InChI=1S/C20H26N2O3.C2HF3O2/c1-16-6-7-17(25-16)13-22-11-8-18-20(14-22,9-4-12-23-18)15-24-19-5-2-3-10-21-19;3-2(4,5)1(6)7/h2-3,5-7,10,18H,4,8-9,11-15H2,1H3;(H,6,7). The van der Waals surface area contributed by atoms with Crippen LogP contribution in [0.25, 0.3) is 0 Å². The molecule has 32 heavy (non-hydrogen) atoms. The molecule has 0 saturated carbocycles. The van der Waals surface area contributed by atoms with Crippen molar-refractivity contribution in [2.45, 2.75) is 45.0 Å². The Labute approximate surface area is 184 Å². The van der Waals surface area contributed by atoms with Crippen LogP contribution in [-0.4, -0.2) is 59.5 Å². The predicted molar refractivity (Wildman–Crippen MR) is 108 cm³/mol. The number of hydrogen-bond acceptors (Lipinski definition) is 6. The molecule has 2 saturated heterocycles. The maximum absolute atomic E-state index is 10.6. The van der Waals surface area contributed by atoms with E-state index in [2.05, 4.69) is 16.0 Å². The van der Waals surface area contributed by atoms with Gasteiger partial charge in [-0.15, -0.1) is 0 Å². The second kappa shape index (κ2) is 10.4. The molecular formula is C22H27F3N2O5. The molecule has 2 aliphatic heterocycles. The van der Waals surface area contributed by atoms with Crippen LogP contribution >= 0.6 is 0 Å². The number of fused-ring (bicyclic) bond motifs is 1. The predicted octanol–water partition coefficient (Wildman–Crippen LogP) is 4.07. The highest BCUT2D eigenvalue weighted by atomic mass is 19.4. The zero-order valence-electron chi connectivity index (χ0n) is 17.8. The van der Waals surface area contributed by atoms with Gasteiger partial charge >= 0.3 is 12.1 Å². The largest absolute Gasteiger partial charge is 0.490 e. The Morgan fingerprint density at radius 1 is 1.34 bits per heavy atom. The minimum Gasteiger partial charge on any atom is -0.477 e. The van der Waals surface area contributed by atoms with Gasteiger partial charge in [0.1, 0.15) is 11.5 Å². The fraction of sp³-hybridized carbons (Fsp3) is 0.545. The number of pyridine rings is 1. The number of rotatable bonds is 5. The molecule has 10 heteroatoms. The number of carbonyl (C=O) groups is 1. The first-order valence-electron chi connectivity index (χ1n) is 10.4. The molecule has 0 amide bonds. The average Bonchev–Trinajstić information content (AvgIpc) is 3.17. The second-order valence-corrected chi connectivity index (χ2v) is 8.10. The van der Waals surface area contributed by atoms with E-state index in [1.165, 1.54) is 0 Å². The molecule has 0 radical (unpaired) electrons. The number of alkyl halides is 3. The number of piperidine rings is 1. The number of aromatic nitrogens is 1. The van der Waals surface area contributed by atoms with Crippen LogP contribution in [0.15, 0.2) is 40.9 Å². The van der Waals surface area contributed by atoms with Crippen LogP contribution in [-0.2, 0) is 16.1 Å². The van der Waals surface area contributed by atoms with Crippen LogP contribution in [0.4, 0.5) is 13.2 Å². The van der Waals surface area contributed by atoms with Gasteiger partial charge in [-0.25, -0.2) is 9.78 Å². The van der Waals surface area contributed by atoms with E-state index in [0.717, 1.165) is 57.0 Å². The first-order chi connectivity index (χ1) is 15.2. The van der Waals surface area contributed by atoms with E-state index >= 15 is 0 Å². The summed E-state index contributed by atoms with van der Waals surface area (Å²) in [6.07, 6.45) is 0.243. The lowest BCUT2D eigenvalue weighted by Gasteiger charge is -2.50. The number of hydrogen-bond donors (Lipinski definition) is 1. The molecule has 0 aromatic carbocycles. The number of carboxylic acids is 1. The smallest absolute Gasteiger partial charge is 0.477 e. The molecule has 176 valence electrons. The monoisotopic (exact) mass is 456 g/mol. The number of aliphatic carboxylic acids is 1. The van der Waals surface area contributed by atoms with Crippen LogP contribution in [0.5, 0.6) is 5.88 Å². The number of halogens is 3. The molecule has 2 unspecified atom stereocenters. The van der Waals surface area contributed by atoms with Gasteiger partial charge in [-0.05, 0) is 44.4 Å². The molecule has 0 aliphatic carbocycles. The van der Waals surface area contributed by atoms with Crippen molar-refractivity contribution in [3.8, 4) is 5.88 Å². The van der Waals surface area contributed by atoms with E-state index in [1.807, 2.05) is 31.2 Å². The SMILES string of the molecule is Cc1ccc(CN2CCC3OCCCC3(COc3ccccn3)C2)o1.O=C(O)C(F)(F)F. The summed E-state index contributed by atoms with van der Waals surface area (Å²) in [5.41, 5.74) is 0.0374. The maximum Gasteiger partial charge on any atom is 0.490 e. The van der Waals surface area contributed by atoms with Crippen LogP contribution in [0.3, 0.4) is 0 Å². The molecule has 7 nitrogen and oxygen atoms in total. The number of furan rings is 1. The molecule has 1 N–H and O–H groups in total. The Morgan fingerprint density at radius 2 is 2.12 bits per heavy atom. The summed E-state index contributed by atoms with van der Waals surface area (Å²) < 4.78 is 49.7. The van der Waals surface area contributed by atoms with Crippen molar-refractivity contribution in [2.75, 3.05) is 26.3 Å². The summed E-state index contributed by atoms with van der Waals surface area (Å²) in [6, 6.07) is 9.90. The van der Waals surface area contributed by atoms with Gasteiger partial charge in [-0.3, -0.25) is 4.90 Å². The quantitative estimate of drug-likeness (QED) is 0.726. The minimum absolute atomic E-state index is 0.0374. The van der Waals surface area contributed by atoms with Gasteiger partial charge in [0.05, 0.1) is 19.3 Å².